The Balaban J connectivity index is 2.36. The van der Waals surface area contributed by atoms with E-state index < -0.39 is 11.8 Å². The molecule has 1 aromatic heterocycles. The van der Waals surface area contributed by atoms with Gasteiger partial charge in [0.1, 0.15) is 11.6 Å². The van der Waals surface area contributed by atoms with E-state index >= 15 is 0 Å². The van der Waals surface area contributed by atoms with Crippen LogP contribution in [0.15, 0.2) is 30.5 Å². The second-order valence-electron chi connectivity index (χ2n) is 3.71. The van der Waals surface area contributed by atoms with Crippen LogP contribution in [0.5, 0.6) is 0 Å². The van der Waals surface area contributed by atoms with E-state index in [0.29, 0.717) is 5.02 Å². The van der Waals surface area contributed by atoms with Crippen molar-refractivity contribution in [1.29, 1.82) is 0 Å². The van der Waals surface area contributed by atoms with Gasteiger partial charge in [-0.15, -0.1) is 0 Å². The number of nitrogens with two attached hydrogens (primary N) is 1. The average molecular weight is 282 g/mol. The molecule has 0 aliphatic carbocycles. The third-order valence-corrected chi connectivity index (χ3v) is 2.59. The van der Waals surface area contributed by atoms with Crippen LogP contribution in [-0.4, -0.2) is 16.1 Å². The number of rotatable bonds is 3. The number of nitrogen functional groups attached to an aromatic ring is 1. The molecule has 2 rings (SSSR count). The van der Waals surface area contributed by atoms with Crippen LogP contribution in [0.1, 0.15) is 10.4 Å². The molecule has 0 atom stereocenters. The zero-order valence-corrected chi connectivity index (χ0v) is 10.3. The van der Waals surface area contributed by atoms with Gasteiger partial charge < -0.3 is 16.2 Å². The summed E-state index contributed by atoms with van der Waals surface area (Å²) in [6.07, 6.45) is 1.19. The van der Waals surface area contributed by atoms with Crippen molar-refractivity contribution >= 4 is 34.8 Å². The first-order valence-corrected chi connectivity index (χ1v) is 5.56. The van der Waals surface area contributed by atoms with Gasteiger partial charge in [-0.05, 0) is 24.3 Å². The molecule has 0 radical (unpaired) electrons. The molecule has 0 amide bonds. The van der Waals surface area contributed by atoms with Crippen LogP contribution < -0.4 is 11.1 Å². The van der Waals surface area contributed by atoms with Crippen molar-refractivity contribution in [2.45, 2.75) is 0 Å². The van der Waals surface area contributed by atoms with E-state index in [2.05, 4.69) is 10.3 Å². The zero-order valence-electron chi connectivity index (χ0n) is 9.52. The second-order valence-corrected chi connectivity index (χ2v) is 4.15. The lowest BCUT2D eigenvalue weighted by Crippen LogP contribution is -2.05. The smallest absolute Gasteiger partial charge is 0.337 e. The van der Waals surface area contributed by atoms with Crippen LogP contribution in [-0.2, 0) is 0 Å². The van der Waals surface area contributed by atoms with Crippen LogP contribution in [0.3, 0.4) is 0 Å². The van der Waals surface area contributed by atoms with Gasteiger partial charge >= 0.3 is 5.97 Å². The summed E-state index contributed by atoms with van der Waals surface area (Å²) in [5.41, 5.74) is 5.49. The van der Waals surface area contributed by atoms with Crippen molar-refractivity contribution in [3.8, 4) is 0 Å². The molecule has 0 bridgehead atoms. The third kappa shape index (κ3) is 2.92. The molecular weight excluding hydrogens is 273 g/mol. The van der Waals surface area contributed by atoms with E-state index in [1.807, 2.05) is 0 Å². The van der Waals surface area contributed by atoms with Crippen molar-refractivity contribution in [1.82, 2.24) is 4.98 Å². The highest BCUT2D eigenvalue weighted by Gasteiger charge is 2.11. The number of anilines is 3. The number of halogens is 2. The van der Waals surface area contributed by atoms with E-state index in [-0.39, 0.29) is 22.8 Å². The maximum Gasteiger partial charge on any atom is 0.337 e. The Labute approximate surface area is 112 Å². The standard InChI is InChI=1S/C12H9ClFN3O2/c13-6-1-2-8(14)10(3-6)17-11-4-7(12(18)19)9(15)5-16-11/h1-5H,15H2,(H,16,17)(H,18,19). The SMILES string of the molecule is Nc1cnc(Nc2cc(Cl)ccc2F)cc1C(=O)O. The van der Waals surface area contributed by atoms with Crippen molar-refractivity contribution in [3.63, 3.8) is 0 Å². The fraction of sp³-hybridized carbons (Fsp3) is 0. The van der Waals surface area contributed by atoms with E-state index in [4.69, 9.17) is 22.4 Å². The Morgan fingerprint density at radius 1 is 1.42 bits per heavy atom. The molecule has 0 saturated heterocycles. The molecule has 0 aliphatic rings. The monoisotopic (exact) mass is 281 g/mol. The molecule has 98 valence electrons. The van der Waals surface area contributed by atoms with E-state index in [1.165, 1.54) is 30.5 Å². The molecule has 0 aliphatic heterocycles. The summed E-state index contributed by atoms with van der Waals surface area (Å²) in [4.78, 5) is 14.8. The number of pyridine rings is 1. The Morgan fingerprint density at radius 2 is 2.16 bits per heavy atom. The number of aromatic nitrogens is 1. The molecule has 0 unspecified atom stereocenters. The minimum absolute atomic E-state index is 0.0321. The lowest BCUT2D eigenvalue weighted by molar-refractivity contribution is 0.0698. The lowest BCUT2D eigenvalue weighted by Gasteiger charge is -2.08. The Hall–Kier alpha value is -2.34. The summed E-state index contributed by atoms with van der Waals surface area (Å²) in [5.74, 6) is -1.55. The highest BCUT2D eigenvalue weighted by atomic mass is 35.5. The van der Waals surface area contributed by atoms with Crippen LogP contribution in [0.4, 0.5) is 21.6 Å². The van der Waals surface area contributed by atoms with Gasteiger partial charge in [0.25, 0.3) is 0 Å². The van der Waals surface area contributed by atoms with Gasteiger partial charge in [-0.1, -0.05) is 11.6 Å². The molecule has 1 aromatic carbocycles. The molecule has 2 aromatic rings. The topological polar surface area (TPSA) is 88.2 Å². The summed E-state index contributed by atoms with van der Waals surface area (Å²) >= 11 is 5.75. The normalized spacial score (nSPS) is 10.2. The van der Waals surface area contributed by atoms with E-state index in [0.717, 1.165) is 0 Å². The number of hydrogen-bond acceptors (Lipinski definition) is 4. The van der Waals surface area contributed by atoms with Crippen LogP contribution in [0.25, 0.3) is 0 Å². The van der Waals surface area contributed by atoms with Crippen molar-refractivity contribution in [2.24, 2.45) is 0 Å². The number of carbonyl (C=O) groups is 1. The van der Waals surface area contributed by atoms with Gasteiger partial charge in [0.15, 0.2) is 0 Å². The van der Waals surface area contributed by atoms with Crippen LogP contribution in [0.2, 0.25) is 5.02 Å². The highest BCUT2D eigenvalue weighted by Crippen LogP contribution is 2.24. The van der Waals surface area contributed by atoms with E-state index in [9.17, 15) is 9.18 Å². The molecule has 0 spiro atoms. The summed E-state index contributed by atoms with van der Waals surface area (Å²) in [6.45, 7) is 0. The second kappa shape index (κ2) is 5.11. The summed E-state index contributed by atoms with van der Waals surface area (Å²) < 4.78 is 13.5. The van der Waals surface area contributed by atoms with Crippen molar-refractivity contribution in [3.05, 3.63) is 46.9 Å². The van der Waals surface area contributed by atoms with Gasteiger partial charge in [-0.3, -0.25) is 0 Å². The first kappa shape index (κ1) is 13.1. The minimum Gasteiger partial charge on any atom is -0.478 e. The number of carboxylic acids is 1. The number of nitrogens with one attached hydrogen (secondary N) is 1. The number of carboxylic acid groups (broad SMARTS) is 1. The summed E-state index contributed by atoms with van der Waals surface area (Å²) in [5, 5.41) is 11.9. The van der Waals surface area contributed by atoms with Crippen LogP contribution in [0, 0.1) is 5.82 Å². The average Bonchev–Trinajstić information content (AvgIpc) is 2.36. The summed E-state index contributed by atoms with van der Waals surface area (Å²) in [6, 6.07) is 5.19. The quantitative estimate of drug-likeness (QED) is 0.805. The van der Waals surface area contributed by atoms with Gasteiger partial charge in [0.2, 0.25) is 0 Å². The molecule has 0 fully saturated rings. The third-order valence-electron chi connectivity index (χ3n) is 2.36. The minimum atomic E-state index is -1.19. The fourth-order valence-electron chi connectivity index (χ4n) is 1.45. The predicted molar refractivity (Wildman–Crippen MR) is 70.3 cm³/mol. The maximum atomic E-state index is 13.5. The van der Waals surface area contributed by atoms with Gasteiger partial charge in [-0.25, -0.2) is 14.2 Å². The molecule has 4 N–H and O–H groups in total. The predicted octanol–water partition coefficient (Wildman–Crippen LogP) is 2.90. The molecule has 7 heteroatoms. The number of hydrogen-bond donors (Lipinski definition) is 3. The zero-order chi connectivity index (χ0) is 14.0. The maximum absolute atomic E-state index is 13.5. The Kier molecular flexibility index (Phi) is 3.52. The molecule has 0 saturated carbocycles. The molecular formula is C12H9ClFN3O2. The van der Waals surface area contributed by atoms with Gasteiger partial charge in [0.05, 0.1) is 23.1 Å². The summed E-state index contributed by atoms with van der Waals surface area (Å²) in [7, 11) is 0. The highest BCUT2D eigenvalue weighted by molar-refractivity contribution is 6.30. The van der Waals surface area contributed by atoms with Crippen molar-refractivity contribution in [2.75, 3.05) is 11.1 Å². The largest absolute Gasteiger partial charge is 0.478 e. The Bertz CT molecular complexity index is 649. The molecule has 5 nitrogen and oxygen atoms in total. The first-order chi connectivity index (χ1) is 8.97. The number of nitrogens with zero attached hydrogens (tertiary/aromatic N) is 1. The molecule has 1 heterocycles. The van der Waals surface area contributed by atoms with Crippen LogP contribution >= 0.6 is 11.6 Å². The van der Waals surface area contributed by atoms with Gasteiger partial charge in [-0.2, -0.15) is 0 Å². The van der Waals surface area contributed by atoms with Crippen molar-refractivity contribution < 1.29 is 14.3 Å². The lowest BCUT2D eigenvalue weighted by atomic mass is 10.2. The Morgan fingerprint density at radius 3 is 2.84 bits per heavy atom. The van der Waals surface area contributed by atoms with E-state index in [1.54, 1.807) is 0 Å². The number of aromatic carboxylic acids is 1. The first-order valence-electron chi connectivity index (χ1n) is 5.18. The fourth-order valence-corrected chi connectivity index (χ4v) is 1.62. The number of benzene rings is 1. The van der Waals surface area contributed by atoms with Gasteiger partial charge in [0, 0.05) is 5.02 Å². The molecule has 19 heavy (non-hydrogen) atoms.